The zero-order chi connectivity index (χ0) is 25.1. The van der Waals surface area contributed by atoms with E-state index < -0.39 is 8.07 Å². The van der Waals surface area contributed by atoms with Gasteiger partial charge in [0.2, 0.25) is 0 Å². The smallest absolute Gasteiger partial charge is 0.0761 e. The van der Waals surface area contributed by atoms with Gasteiger partial charge in [-0.15, -0.1) is 0 Å². The molecule has 3 rings (SSSR count). The molecule has 1 aliphatic rings. The minimum atomic E-state index is -1.70. The first-order chi connectivity index (χ1) is 16.9. The summed E-state index contributed by atoms with van der Waals surface area (Å²) in [7, 11) is -1.70. The molecule has 1 aliphatic heterocycles. The Bertz CT molecular complexity index is 943. The minimum Gasteiger partial charge on any atom is -0.389 e. The van der Waals surface area contributed by atoms with Gasteiger partial charge in [0, 0.05) is 19.6 Å². The number of aliphatic hydroxyl groups excluding tert-OH is 1. The third-order valence-corrected chi connectivity index (χ3v) is 9.40. The number of unbranched alkanes of at least 4 members (excludes halogenated alkanes) is 5. The van der Waals surface area contributed by atoms with E-state index in [1.807, 2.05) is 0 Å². The molecule has 0 aromatic heterocycles. The van der Waals surface area contributed by atoms with Gasteiger partial charge in [0.1, 0.15) is 0 Å². The van der Waals surface area contributed by atoms with Crippen molar-refractivity contribution in [3.8, 4) is 0 Å². The van der Waals surface area contributed by atoms with Gasteiger partial charge in [-0.25, -0.2) is 0 Å². The van der Waals surface area contributed by atoms with Gasteiger partial charge in [-0.1, -0.05) is 137 Å². The maximum atomic E-state index is 11.5. The monoisotopic (exact) mass is 489 g/mol. The SMILES string of the molecule is CCCCCCCCC(O)/C(=C1/CCN(Cc2ccccc2)C/C1=C\c1ccccc1)[Si](C)(C)C. The first kappa shape index (κ1) is 27.6. The van der Waals surface area contributed by atoms with Crippen LogP contribution in [0.3, 0.4) is 0 Å². The van der Waals surface area contributed by atoms with Gasteiger partial charge in [-0.05, 0) is 35.1 Å². The highest BCUT2D eigenvalue weighted by Crippen LogP contribution is 2.35. The van der Waals surface area contributed by atoms with Gasteiger partial charge in [0.05, 0.1) is 14.2 Å². The Morgan fingerprint density at radius 1 is 0.914 bits per heavy atom. The van der Waals surface area contributed by atoms with Crippen LogP contribution in [0.4, 0.5) is 0 Å². The van der Waals surface area contributed by atoms with Gasteiger partial charge >= 0.3 is 0 Å². The van der Waals surface area contributed by atoms with E-state index in [0.29, 0.717) is 0 Å². The lowest BCUT2D eigenvalue weighted by Crippen LogP contribution is -2.38. The summed E-state index contributed by atoms with van der Waals surface area (Å²) < 4.78 is 0. The van der Waals surface area contributed by atoms with E-state index >= 15 is 0 Å². The Morgan fingerprint density at radius 3 is 2.20 bits per heavy atom. The predicted molar refractivity (Wildman–Crippen MR) is 155 cm³/mol. The molecule has 2 nitrogen and oxygen atoms in total. The summed E-state index contributed by atoms with van der Waals surface area (Å²) in [6.45, 7) is 12.5. The van der Waals surface area contributed by atoms with Crippen LogP contribution in [0.2, 0.25) is 19.6 Å². The predicted octanol–water partition coefficient (Wildman–Crippen LogP) is 8.26. The Labute approximate surface area is 215 Å². The summed E-state index contributed by atoms with van der Waals surface area (Å²) in [6, 6.07) is 21.5. The van der Waals surface area contributed by atoms with E-state index in [2.05, 4.69) is 98.2 Å². The Morgan fingerprint density at radius 2 is 1.54 bits per heavy atom. The summed E-state index contributed by atoms with van der Waals surface area (Å²) in [4.78, 5) is 2.57. The Balaban J connectivity index is 1.85. The van der Waals surface area contributed by atoms with Crippen molar-refractivity contribution in [2.75, 3.05) is 13.1 Å². The number of nitrogens with zero attached hydrogens (tertiary/aromatic N) is 1. The largest absolute Gasteiger partial charge is 0.389 e. The molecule has 0 amide bonds. The fourth-order valence-corrected chi connectivity index (χ4v) is 7.76. The highest BCUT2D eigenvalue weighted by molar-refractivity contribution is 6.83. The number of hydrogen-bond donors (Lipinski definition) is 1. The van der Waals surface area contributed by atoms with E-state index in [1.54, 1.807) is 0 Å². The van der Waals surface area contributed by atoms with Crippen LogP contribution in [0.15, 0.2) is 77.0 Å². The number of rotatable bonds is 12. The quantitative estimate of drug-likeness (QED) is 0.239. The van der Waals surface area contributed by atoms with Crippen molar-refractivity contribution >= 4 is 14.1 Å². The van der Waals surface area contributed by atoms with Crippen LogP contribution in [0.5, 0.6) is 0 Å². The van der Waals surface area contributed by atoms with Gasteiger partial charge in [0.25, 0.3) is 0 Å². The average molecular weight is 490 g/mol. The molecule has 0 saturated carbocycles. The zero-order valence-corrected chi connectivity index (χ0v) is 23.6. The fourth-order valence-electron chi connectivity index (χ4n) is 5.43. The van der Waals surface area contributed by atoms with Crippen molar-refractivity contribution < 1.29 is 5.11 Å². The van der Waals surface area contributed by atoms with Crippen LogP contribution >= 0.6 is 0 Å². The van der Waals surface area contributed by atoms with Crippen molar-refractivity contribution in [1.29, 1.82) is 0 Å². The van der Waals surface area contributed by atoms with Crippen molar-refractivity contribution in [2.24, 2.45) is 0 Å². The van der Waals surface area contributed by atoms with Gasteiger partial charge in [-0.2, -0.15) is 0 Å². The normalized spacial score (nSPS) is 18.6. The molecule has 0 radical (unpaired) electrons. The molecule has 1 fully saturated rings. The average Bonchev–Trinajstić information content (AvgIpc) is 2.83. The third kappa shape index (κ3) is 8.90. The first-order valence-electron chi connectivity index (χ1n) is 13.8. The summed E-state index contributed by atoms with van der Waals surface area (Å²) >= 11 is 0. The molecule has 1 heterocycles. The van der Waals surface area contributed by atoms with Gasteiger partial charge < -0.3 is 5.11 Å². The molecule has 0 aliphatic carbocycles. The Kier molecular flexibility index (Phi) is 11.0. The minimum absolute atomic E-state index is 0.303. The topological polar surface area (TPSA) is 23.5 Å². The molecule has 1 atom stereocenters. The van der Waals surface area contributed by atoms with Crippen molar-refractivity contribution in [3.05, 3.63) is 88.1 Å². The van der Waals surface area contributed by atoms with Gasteiger partial charge in [0.15, 0.2) is 0 Å². The lowest BCUT2D eigenvalue weighted by atomic mass is 9.92. The molecule has 190 valence electrons. The highest BCUT2D eigenvalue weighted by atomic mass is 28.3. The van der Waals surface area contributed by atoms with Crippen molar-refractivity contribution in [1.82, 2.24) is 4.90 Å². The van der Waals surface area contributed by atoms with Crippen LogP contribution in [-0.2, 0) is 6.54 Å². The summed E-state index contributed by atoms with van der Waals surface area (Å²) in [6.07, 6.45) is 11.6. The number of aliphatic hydroxyl groups is 1. The molecule has 35 heavy (non-hydrogen) atoms. The second-order valence-electron chi connectivity index (χ2n) is 11.2. The fraction of sp³-hybridized carbons (Fsp3) is 0.500. The number of piperidine rings is 1. The van der Waals surface area contributed by atoms with Crippen LogP contribution in [0, 0.1) is 0 Å². The number of hydrogen-bond acceptors (Lipinski definition) is 2. The van der Waals surface area contributed by atoms with E-state index in [4.69, 9.17) is 0 Å². The third-order valence-electron chi connectivity index (χ3n) is 7.15. The second kappa shape index (κ2) is 14.0. The van der Waals surface area contributed by atoms with E-state index in [0.717, 1.165) is 38.9 Å². The lowest BCUT2D eigenvalue weighted by molar-refractivity contribution is 0.199. The number of likely N-dealkylation sites (tertiary alicyclic amines) is 1. The molecule has 0 bridgehead atoms. The summed E-state index contributed by atoms with van der Waals surface area (Å²) in [5.74, 6) is 0. The second-order valence-corrected chi connectivity index (χ2v) is 16.3. The van der Waals surface area contributed by atoms with Crippen LogP contribution in [-0.4, -0.2) is 37.3 Å². The summed E-state index contributed by atoms with van der Waals surface area (Å²) in [5.41, 5.74) is 5.48. The molecule has 2 aromatic rings. The van der Waals surface area contributed by atoms with E-state index in [1.165, 1.54) is 59.6 Å². The number of benzene rings is 2. The maximum Gasteiger partial charge on any atom is 0.0761 e. The van der Waals surface area contributed by atoms with Crippen molar-refractivity contribution in [2.45, 2.75) is 90.6 Å². The molecule has 0 spiro atoms. The van der Waals surface area contributed by atoms with Crippen LogP contribution in [0.1, 0.15) is 69.4 Å². The molecule has 2 aromatic carbocycles. The zero-order valence-electron chi connectivity index (χ0n) is 22.6. The van der Waals surface area contributed by atoms with E-state index in [-0.39, 0.29) is 6.10 Å². The lowest BCUT2D eigenvalue weighted by Gasteiger charge is -2.37. The molecular weight excluding hydrogens is 442 g/mol. The Hall–Kier alpha value is -1.94. The first-order valence-corrected chi connectivity index (χ1v) is 17.3. The standard InChI is InChI=1S/C32H47NOSi/c1-5-6-7-8-9-16-21-31(34)32(35(2,3)4)30-22-23-33(25-28-19-14-11-15-20-28)26-29(30)24-27-17-12-10-13-18-27/h10-15,17-20,24,31,34H,5-9,16,21-23,25-26H2,1-4H3/b29-24+,32-30+. The van der Waals surface area contributed by atoms with Crippen LogP contribution < -0.4 is 0 Å². The molecular formula is C32H47NOSi. The van der Waals surface area contributed by atoms with Gasteiger partial charge in [-0.3, -0.25) is 4.90 Å². The maximum absolute atomic E-state index is 11.5. The summed E-state index contributed by atoms with van der Waals surface area (Å²) in [5, 5.41) is 12.9. The molecule has 3 heteroatoms. The van der Waals surface area contributed by atoms with E-state index in [9.17, 15) is 5.11 Å². The molecule has 1 saturated heterocycles. The molecule has 1 N–H and O–H groups in total. The van der Waals surface area contributed by atoms with Crippen LogP contribution in [0.25, 0.3) is 6.08 Å². The van der Waals surface area contributed by atoms with Crippen molar-refractivity contribution in [3.63, 3.8) is 0 Å². The molecule has 1 unspecified atom stereocenters. The highest BCUT2D eigenvalue weighted by Gasteiger charge is 2.32.